The van der Waals surface area contributed by atoms with Gasteiger partial charge in [-0.05, 0) is 26.0 Å². The summed E-state index contributed by atoms with van der Waals surface area (Å²) in [5.74, 6) is 1.02. The zero-order valence-corrected chi connectivity index (χ0v) is 15.8. The van der Waals surface area contributed by atoms with Gasteiger partial charge in [0.15, 0.2) is 5.17 Å². The summed E-state index contributed by atoms with van der Waals surface area (Å²) in [6.45, 7) is 5.85. The highest BCUT2D eigenvalue weighted by Gasteiger charge is 2.25. The van der Waals surface area contributed by atoms with E-state index in [9.17, 15) is 4.39 Å². The van der Waals surface area contributed by atoms with Gasteiger partial charge in [0, 0.05) is 35.5 Å². The maximum Gasteiger partial charge on any atom is 0.227 e. The highest BCUT2D eigenvalue weighted by atomic mass is 32.2. The van der Waals surface area contributed by atoms with Gasteiger partial charge in [-0.2, -0.15) is 0 Å². The summed E-state index contributed by atoms with van der Waals surface area (Å²) in [5, 5.41) is 4.10. The first-order valence-corrected chi connectivity index (χ1v) is 9.75. The molecular weight excluding hydrogens is 351 g/mol. The van der Waals surface area contributed by atoms with Gasteiger partial charge in [-0.1, -0.05) is 42.1 Å². The van der Waals surface area contributed by atoms with Crippen LogP contribution in [0.5, 0.6) is 5.75 Å². The van der Waals surface area contributed by atoms with E-state index in [0.717, 1.165) is 28.4 Å². The summed E-state index contributed by atoms with van der Waals surface area (Å²) >= 11 is 1.55. The molecule has 1 heterocycles. The Morgan fingerprint density at radius 2 is 2.08 bits per heavy atom. The molecule has 1 aliphatic rings. The third-order valence-corrected chi connectivity index (χ3v) is 4.89. The highest BCUT2D eigenvalue weighted by molar-refractivity contribution is 8.13. The summed E-state index contributed by atoms with van der Waals surface area (Å²) in [7, 11) is 0. The molecule has 6 heteroatoms. The molecule has 0 saturated carbocycles. The lowest BCUT2D eigenvalue weighted by atomic mass is 10.1. The number of aliphatic imine (C=N–C) groups is 1. The molecule has 0 bridgehead atoms. The van der Waals surface area contributed by atoms with Crippen molar-refractivity contribution in [2.24, 2.45) is 4.99 Å². The highest BCUT2D eigenvalue weighted by Crippen LogP contribution is 2.37. The van der Waals surface area contributed by atoms with Gasteiger partial charge >= 0.3 is 0 Å². The fourth-order valence-corrected chi connectivity index (χ4v) is 3.73. The molecule has 0 amide bonds. The SMILES string of the molecule is CCN=C(NCC)SCc1cc(F)cc2c1O[C@@H](c1ccccc1)OC2. The van der Waals surface area contributed by atoms with Crippen molar-refractivity contribution in [1.82, 2.24) is 5.32 Å². The van der Waals surface area contributed by atoms with Crippen LogP contribution in [-0.4, -0.2) is 18.3 Å². The van der Waals surface area contributed by atoms with E-state index in [-0.39, 0.29) is 5.82 Å². The molecule has 3 rings (SSSR count). The lowest BCUT2D eigenvalue weighted by Crippen LogP contribution is -2.21. The Morgan fingerprint density at radius 3 is 2.81 bits per heavy atom. The standard InChI is InChI=1S/C20H23FN2O2S/c1-3-22-20(23-4-2)26-13-16-11-17(21)10-15-12-24-19(25-18(15)16)14-8-6-5-7-9-14/h5-11,19H,3-4,12-13H2,1-2H3,(H,22,23)/t19-/m0/s1. The van der Waals surface area contributed by atoms with Crippen LogP contribution < -0.4 is 10.1 Å². The summed E-state index contributed by atoms with van der Waals surface area (Å²) < 4.78 is 25.9. The average molecular weight is 374 g/mol. The normalized spacial score (nSPS) is 16.7. The van der Waals surface area contributed by atoms with Crippen LogP contribution >= 0.6 is 11.8 Å². The van der Waals surface area contributed by atoms with Crippen molar-refractivity contribution >= 4 is 16.9 Å². The molecule has 2 aromatic rings. The van der Waals surface area contributed by atoms with Crippen molar-refractivity contribution in [2.45, 2.75) is 32.5 Å². The Hall–Kier alpha value is -2.05. The first kappa shape index (κ1) is 18.7. The fourth-order valence-electron chi connectivity index (χ4n) is 2.75. The van der Waals surface area contributed by atoms with E-state index in [1.54, 1.807) is 11.8 Å². The van der Waals surface area contributed by atoms with Crippen LogP contribution in [0.1, 0.15) is 36.8 Å². The van der Waals surface area contributed by atoms with Gasteiger partial charge < -0.3 is 14.8 Å². The summed E-state index contributed by atoms with van der Waals surface area (Å²) in [6, 6.07) is 12.8. The predicted octanol–water partition coefficient (Wildman–Crippen LogP) is 4.65. The molecule has 138 valence electrons. The molecule has 26 heavy (non-hydrogen) atoms. The first-order chi connectivity index (χ1) is 12.7. The number of fused-ring (bicyclic) bond motifs is 1. The topological polar surface area (TPSA) is 42.9 Å². The predicted molar refractivity (Wildman–Crippen MR) is 104 cm³/mol. The summed E-state index contributed by atoms with van der Waals surface area (Å²) in [5.41, 5.74) is 2.50. The van der Waals surface area contributed by atoms with Gasteiger partial charge in [0.05, 0.1) is 6.61 Å². The average Bonchev–Trinajstić information content (AvgIpc) is 2.66. The van der Waals surface area contributed by atoms with Gasteiger partial charge in [0.25, 0.3) is 0 Å². The number of hydrogen-bond donors (Lipinski definition) is 1. The largest absolute Gasteiger partial charge is 0.460 e. The molecule has 0 unspecified atom stereocenters. The van der Waals surface area contributed by atoms with Gasteiger partial charge in [-0.15, -0.1) is 0 Å². The molecule has 2 aromatic carbocycles. The Bertz CT molecular complexity index is 768. The Kier molecular flexibility index (Phi) is 6.52. The van der Waals surface area contributed by atoms with Crippen LogP contribution in [0.25, 0.3) is 0 Å². The van der Waals surface area contributed by atoms with E-state index < -0.39 is 6.29 Å². The monoisotopic (exact) mass is 374 g/mol. The Labute approximate surface area is 157 Å². The van der Waals surface area contributed by atoms with E-state index in [1.807, 2.05) is 44.2 Å². The minimum Gasteiger partial charge on any atom is -0.460 e. The van der Waals surface area contributed by atoms with Gasteiger partial charge in [-0.25, -0.2) is 4.39 Å². The molecule has 0 aliphatic carbocycles. The third kappa shape index (κ3) is 4.56. The van der Waals surface area contributed by atoms with E-state index in [0.29, 0.717) is 24.7 Å². The number of benzene rings is 2. The number of rotatable bonds is 5. The smallest absolute Gasteiger partial charge is 0.227 e. The lowest BCUT2D eigenvalue weighted by Gasteiger charge is -2.28. The lowest BCUT2D eigenvalue weighted by molar-refractivity contribution is -0.112. The Morgan fingerprint density at radius 1 is 1.27 bits per heavy atom. The van der Waals surface area contributed by atoms with E-state index in [1.165, 1.54) is 12.1 Å². The minimum absolute atomic E-state index is 0.276. The van der Waals surface area contributed by atoms with Crippen LogP contribution in [0.4, 0.5) is 4.39 Å². The second-order valence-electron chi connectivity index (χ2n) is 5.82. The van der Waals surface area contributed by atoms with Gasteiger partial charge in [0.2, 0.25) is 6.29 Å². The molecule has 0 fully saturated rings. The molecule has 1 aliphatic heterocycles. The second kappa shape index (κ2) is 9.05. The van der Waals surface area contributed by atoms with Crippen molar-refractivity contribution in [3.8, 4) is 5.75 Å². The molecule has 1 N–H and O–H groups in total. The van der Waals surface area contributed by atoms with Crippen LogP contribution in [0.3, 0.4) is 0 Å². The number of ether oxygens (including phenoxy) is 2. The van der Waals surface area contributed by atoms with Crippen molar-refractivity contribution in [2.75, 3.05) is 13.1 Å². The molecule has 0 radical (unpaired) electrons. The quantitative estimate of drug-likeness (QED) is 0.611. The van der Waals surface area contributed by atoms with Crippen molar-refractivity contribution in [3.05, 3.63) is 65.0 Å². The zero-order valence-electron chi connectivity index (χ0n) is 15.0. The molecule has 0 spiro atoms. The maximum atomic E-state index is 14.0. The maximum absolute atomic E-state index is 14.0. The molecule has 4 nitrogen and oxygen atoms in total. The zero-order chi connectivity index (χ0) is 18.4. The summed E-state index contributed by atoms with van der Waals surface area (Å²) in [4.78, 5) is 4.44. The summed E-state index contributed by atoms with van der Waals surface area (Å²) in [6.07, 6.45) is -0.476. The minimum atomic E-state index is -0.476. The molecule has 0 aromatic heterocycles. The van der Waals surface area contributed by atoms with Crippen LogP contribution in [0, 0.1) is 5.82 Å². The van der Waals surface area contributed by atoms with Gasteiger partial charge in [0.1, 0.15) is 11.6 Å². The van der Waals surface area contributed by atoms with Crippen molar-refractivity contribution in [1.29, 1.82) is 0 Å². The van der Waals surface area contributed by atoms with Crippen LogP contribution in [0.15, 0.2) is 47.5 Å². The van der Waals surface area contributed by atoms with E-state index in [4.69, 9.17) is 9.47 Å². The van der Waals surface area contributed by atoms with Crippen LogP contribution in [0.2, 0.25) is 0 Å². The number of halogens is 1. The second-order valence-corrected chi connectivity index (χ2v) is 6.79. The van der Waals surface area contributed by atoms with Crippen molar-refractivity contribution in [3.63, 3.8) is 0 Å². The van der Waals surface area contributed by atoms with Crippen LogP contribution in [-0.2, 0) is 17.1 Å². The number of hydrogen-bond acceptors (Lipinski definition) is 4. The van der Waals surface area contributed by atoms with E-state index >= 15 is 0 Å². The van der Waals surface area contributed by atoms with Gasteiger partial charge in [-0.3, -0.25) is 4.99 Å². The fraction of sp³-hybridized carbons (Fsp3) is 0.350. The number of nitrogens with one attached hydrogen (secondary N) is 1. The molecular formula is C20H23FN2O2S. The number of thioether (sulfide) groups is 1. The number of nitrogens with zero attached hydrogens (tertiary/aromatic N) is 1. The third-order valence-electron chi connectivity index (χ3n) is 3.89. The Balaban J connectivity index is 1.81. The number of amidine groups is 1. The molecule has 1 atom stereocenters. The van der Waals surface area contributed by atoms with E-state index in [2.05, 4.69) is 10.3 Å². The first-order valence-electron chi connectivity index (χ1n) is 8.76. The van der Waals surface area contributed by atoms with Crippen molar-refractivity contribution < 1.29 is 13.9 Å². The molecule has 0 saturated heterocycles.